The van der Waals surface area contributed by atoms with Crippen LogP contribution in [0.1, 0.15) is 33.9 Å². The minimum absolute atomic E-state index is 0.226. The zero-order valence-corrected chi connectivity index (χ0v) is 16.4. The zero-order chi connectivity index (χ0) is 19.7. The number of aromatic nitrogens is 4. The van der Waals surface area contributed by atoms with Crippen LogP contribution >= 0.6 is 0 Å². The van der Waals surface area contributed by atoms with Crippen molar-refractivity contribution in [3.63, 3.8) is 0 Å². The number of rotatable bonds is 5. The number of carbonyl (C=O) groups excluding carboxylic acids is 1. The van der Waals surface area contributed by atoms with E-state index >= 15 is 0 Å². The number of nitrogens with one attached hydrogen (secondary N) is 3. The number of fused-ring (bicyclic) bond motifs is 1. The number of hydrogen-bond donors (Lipinski definition) is 3. The Hall–Kier alpha value is -3.00. The Labute approximate surface area is 163 Å². The monoisotopic (exact) mass is 379 g/mol. The van der Waals surface area contributed by atoms with Gasteiger partial charge in [-0.25, -0.2) is 9.97 Å². The van der Waals surface area contributed by atoms with Crippen LogP contribution in [0.15, 0.2) is 24.4 Å². The lowest BCUT2D eigenvalue weighted by atomic mass is 10.1. The highest BCUT2D eigenvalue weighted by atomic mass is 16.2. The maximum Gasteiger partial charge on any atom is 0.288 e. The number of carbonyl (C=O) groups is 1. The van der Waals surface area contributed by atoms with Crippen molar-refractivity contribution in [2.45, 2.75) is 32.9 Å². The summed E-state index contributed by atoms with van der Waals surface area (Å²) < 4.78 is 0. The van der Waals surface area contributed by atoms with Gasteiger partial charge in [-0.05, 0) is 31.9 Å². The Bertz CT molecular complexity index is 1010. The lowest BCUT2D eigenvalue weighted by Gasteiger charge is -2.21. The summed E-state index contributed by atoms with van der Waals surface area (Å²) >= 11 is 0. The molecule has 3 aromatic rings. The van der Waals surface area contributed by atoms with Gasteiger partial charge in [0.2, 0.25) is 5.82 Å². The molecule has 1 saturated heterocycles. The second kappa shape index (κ2) is 7.55. The van der Waals surface area contributed by atoms with Gasteiger partial charge >= 0.3 is 0 Å². The molecule has 0 saturated carbocycles. The van der Waals surface area contributed by atoms with Gasteiger partial charge in [-0.3, -0.25) is 9.89 Å². The SMILES string of the molecule is CNC(=O)c1nc(C)c(C)c(N2CC[C@@H](NCc3cccc4[nH]ncc34)C2)n1. The molecule has 0 bridgehead atoms. The molecule has 0 radical (unpaired) electrons. The number of H-pyrrole nitrogens is 1. The first kappa shape index (κ1) is 18.4. The van der Waals surface area contributed by atoms with Gasteiger partial charge in [0.05, 0.1) is 11.7 Å². The summed E-state index contributed by atoms with van der Waals surface area (Å²) in [5.41, 5.74) is 4.16. The maximum absolute atomic E-state index is 12.0. The maximum atomic E-state index is 12.0. The van der Waals surface area contributed by atoms with Crippen molar-refractivity contribution < 1.29 is 4.79 Å². The molecule has 1 aliphatic rings. The number of amides is 1. The first-order valence-electron chi connectivity index (χ1n) is 9.53. The Kier molecular flexibility index (Phi) is 4.95. The fourth-order valence-electron chi connectivity index (χ4n) is 3.69. The summed E-state index contributed by atoms with van der Waals surface area (Å²) in [5.74, 6) is 0.822. The average molecular weight is 379 g/mol. The van der Waals surface area contributed by atoms with E-state index in [1.165, 1.54) is 5.56 Å². The number of aromatic amines is 1. The van der Waals surface area contributed by atoms with Crippen LogP contribution in [-0.2, 0) is 6.54 Å². The molecule has 1 aromatic carbocycles. The predicted molar refractivity (Wildman–Crippen MR) is 108 cm³/mol. The van der Waals surface area contributed by atoms with E-state index in [1.807, 2.05) is 32.2 Å². The fourth-order valence-corrected chi connectivity index (χ4v) is 3.69. The number of nitrogens with zero attached hydrogens (tertiary/aromatic N) is 4. The normalized spacial score (nSPS) is 16.7. The first-order chi connectivity index (χ1) is 13.6. The van der Waals surface area contributed by atoms with Crippen LogP contribution in [0.4, 0.5) is 5.82 Å². The largest absolute Gasteiger partial charge is 0.355 e. The Morgan fingerprint density at radius 1 is 1.32 bits per heavy atom. The number of hydrogen-bond acceptors (Lipinski definition) is 6. The third kappa shape index (κ3) is 3.43. The van der Waals surface area contributed by atoms with Gasteiger partial charge in [-0.1, -0.05) is 12.1 Å². The summed E-state index contributed by atoms with van der Waals surface area (Å²) in [6.07, 6.45) is 2.90. The molecule has 8 heteroatoms. The number of benzene rings is 1. The summed E-state index contributed by atoms with van der Waals surface area (Å²) in [4.78, 5) is 23.1. The average Bonchev–Trinajstić information content (AvgIpc) is 3.37. The summed E-state index contributed by atoms with van der Waals surface area (Å²) in [7, 11) is 1.59. The molecule has 1 amide bonds. The molecule has 3 N–H and O–H groups in total. The molecule has 3 heterocycles. The molecule has 1 atom stereocenters. The molecule has 146 valence electrons. The Balaban J connectivity index is 1.46. The molecular formula is C20H25N7O. The highest BCUT2D eigenvalue weighted by molar-refractivity contribution is 5.90. The molecule has 1 fully saturated rings. The summed E-state index contributed by atoms with van der Waals surface area (Å²) in [6.45, 7) is 6.48. The van der Waals surface area contributed by atoms with Crippen LogP contribution in [0, 0.1) is 13.8 Å². The van der Waals surface area contributed by atoms with Crippen LogP contribution in [-0.4, -0.2) is 52.3 Å². The van der Waals surface area contributed by atoms with Crippen molar-refractivity contribution in [2.24, 2.45) is 0 Å². The van der Waals surface area contributed by atoms with Gasteiger partial charge in [0.1, 0.15) is 5.82 Å². The van der Waals surface area contributed by atoms with E-state index in [9.17, 15) is 4.79 Å². The van der Waals surface area contributed by atoms with Crippen molar-refractivity contribution >= 4 is 22.6 Å². The fraction of sp³-hybridized carbons (Fsp3) is 0.400. The molecular weight excluding hydrogens is 354 g/mol. The van der Waals surface area contributed by atoms with Crippen LogP contribution < -0.4 is 15.5 Å². The van der Waals surface area contributed by atoms with Gasteiger partial charge in [0.15, 0.2) is 0 Å². The summed E-state index contributed by atoms with van der Waals surface area (Å²) in [6, 6.07) is 6.57. The van der Waals surface area contributed by atoms with Crippen LogP contribution in [0.3, 0.4) is 0 Å². The van der Waals surface area contributed by atoms with Gasteiger partial charge in [-0.15, -0.1) is 0 Å². The molecule has 0 unspecified atom stereocenters. The van der Waals surface area contributed by atoms with E-state index < -0.39 is 0 Å². The third-order valence-electron chi connectivity index (χ3n) is 5.44. The lowest BCUT2D eigenvalue weighted by molar-refractivity contribution is 0.0952. The predicted octanol–water partition coefficient (Wildman–Crippen LogP) is 1.70. The minimum Gasteiger partial charge on any atom is -0.355 e. The lowest BCUT2D eigenvalue weighted by Crippen LogP contribution is -2.33. The van der Waals surface area contributed by atoms with E-state index in [0.29, 0.717) is 6.04 Å². The molecule has 1 aliphatic heterocycles. The van der Waals surface area contributed by atoms with E-state index in [0.717, 1.165) is 54.0 Å². The smallest absolute Gasteiger partial charge is 0.288 e. The van der Waals surface area contributed by atoms with Crippen molar-refractivity contribution in [1.29, 1.82) is 0 Å². The topological polar surface area (TPSA) is 98.8 Å². The number of anilines is 1. The molecule has 8 nitrogen and oxygen atoms in total. The van der Waals surface area contributed by atoms with E-state index in [-0.39, 0.29) is 11.7 Å². The highest BCUT2D eigenvalue weighted by Crippen LogP contribution is 2.24. The van der Waals surface area contributed by atoms with E-state index in [1.54, 1.807) is 7.05 Å². The van der Waals surface area contributed by atoms with Gasteiger partial charge in [0.25, 0.3) is 5.91 Å². The van der Waals surface area contributed by atoms with Crippen molar-refractivity contribution in [1.82, 2.24) is 30.8 Å². The van der Waals surface area contributed by atoms with Crippen molar-refractivity contribution in [3.05, 3.63) is 47.0 Å². The van der Waals surface area contributed by atoms with Gasteiger partial charge < -0.3 is 15.5 Å². The summed E-state index contributed by atoms with van der Waals surface area (Å²) in [5, 5.41) is 14.6. The quantitative estimate of drug-likeness (QED) is 0.624. The first-order valence-corrected chi connectivity index (χ1v) is 9.53. The Morgan fingerprint density at radius 3 is 3.00 bits per heavy atom. The van der Waals surface area contributed by atoms with Crippen LogP contribution in [0.2, 0.25) is 0 Å². The van der Waals surface area contributed by atoms with Crippen molar-refractivity contribution in [2.75, 3.05) is 25.0 Å². The number of aryl methyl sites for hydroxylation is 1. The van der Waals surface area contributed by atoms with Crippen molar-refractivity contribution in [3.8, 4) is 0 Å². The third-order valence-corrected chi connectivity index (χ3v) is 5.44. The standard InChI is InChI=1S/C20H25N7O/c1-12-13(2)24-18(20(28)21-3)25-19(12)27-8-7-15(11-27)22-9-14-5-4-6-17-16(14)10-23-26-17/h4-6,10,15,22H,7-9,11H2,1-3H3,(H,21,28)(H,23,26)/t15-/m1/s1. The second-order valence-corrected chi connectivity index (χ2v) is 7.22. The molecule has 2 aromatic heterocycles. The van der Waals surface area contributed by atoms with E-state index in [4.69, 9.17) is 0 Å². The van der Waals surface area contributed by atoms with Gasteiger partial charge in [-0.2, -0.15) is 5.10 Å². The highest BCUT2D eigenvalue weighted by Gasteiger charge is 2.26. The minimum atomic E-state index is -0.258. The van der Waals surface area contributed by atoms with Crippen LogP contribution in [0.5, 0.6) is 0 Å². The van der Waals surface area contributed by atoms with E-state index in [2.05, 4.69) is 41.8 Å². The molecule has 4 rings (SSSR count). The molecule has 0 aliphatic carbocycles. The molecule has 0 spiro atoms. The Morgan fingerprint density at radius 2 is 2.18 bits per heavy atom. The van der Waals surface area contributed by atoms with Gasteiger partial charge in [0, 0.05) is 49.4 Å². The second-order valence-electron chi connectivity index (χ2n) is 7.22. The molecule has 28 heavy (non-hydrogen) atoms. The van der Waals surface area contributed by atoms with Crippen LogP contribution in [0.25, 0.3) is 10.9 Å². The zero-order valence-electron chi connectivity index (χ0n) is 16.4.